The van der Waals surface area contributed by atoms with Gasteiger partial charge in [-0.25, -0.2) is 36.7 Å². The summed E-state index contributed by atoms with van der Waals surface area (Å²) in [6.45, 7) is -2.81. The van der Waals surface area contributed by atoms with Crippen molar-refractivity contribution in [2.24, 2.45) is 0 Å². The number of esters is 2. The van der Waals surface area contributed by atoms with Gasteiger partial charge in [-0.3, -0.25) is 28.8 Å². The molecule has 0 saturated heterocycles. The average Bonchev–Trinajstić information content (AvgIpc) is 0.827. The van der Waals surface area contributed by atoms with E-state index in [1.165, 1.54) is 72.8 Å². The zero-order valence-corrected chi connectivity index (χ0v) is 56.2. The van der Waals surface area contributed by atoms with E-state index in [0.717, 1.165) is 9.80 Å². The molecule has 2 atom stereocenters. The lowest BCUT2D eigenvalue weighted by atomic mass is 10.1. The molecule has 7 rings (SSSR count). The molecule has 0 radical (unpaired) electrons. The van der Waals surface area contributed by atoms with Crippen molar-refractivity contribution in [3.63, 3.8) is 0 Å². The highest BCUT2D eigenvalue weighted by Gasteiger charge is 2.28. The SMILES string of the molecule is O=C(CN(CC(=O)NCCc1ccc(F)cc1)C(=O)c1cccc(C(=O)N(CC(=O)NCCCC[C@H](NC(=O)OCc2ccccc2)C(=O)OCCc2ccc(F)cc2)CC(=O)NCCc2ccc(F)cc2)c1)NCCCC[C@H](NC(=O)OCc1ccccc1)C(=O)OCCc1ccc(F)cc1. The lowest BCUT2D eigenvalue weighted by molar-refractivity contribution is -0.147. The summed E-state index contributed by atoms with van der Waals surface area (Å²) in [4.78, 5) is 138. The number of ether oxygens (including phenoxy) is 4. The number of amides is 8. The number of carbonyl (C=O) groups excluding carboxylic acids is 10. The Kier molecular flexibility index (Phi) is 32.5. The Bertz CT molecular complexity index is 3620. The van der Waals surface area contributed by atoms with Crippen molar-refractivity contribution in [1.82, 2.24) is 41.7 Å². The third-order valence-electron chi connectivity index (χ3n) is 15.7. The van der Waals surface area contributed by atoms with Gasteiger partial charge in [-0.05, 0) is 151 Å². The van der Waals surface area contributed by atoms with E-state index < -0.39 is 121 Å². The predicted octanol–water partition coefficient (Wildman–Crippen LogP) is 8.58. The van der Waals surface area contributed by atoms with Crippen molar-refractivity contribution in [3.8, 4) is 0 Å². The van der Waals surface area contributed by atoms with E-state index in [0.29, 0.717) is 46.2 Å². The molecule has 0 aromatic heterocycles. The number of halogens is 4. The third-order valence-corrected chi connectivity index (χ3v) is 15.7. The van der Waals surface area contributed by atoms with Gasteiger partial charge in [-0.15, -0.1) is 0 Å². The Morgan fingerprint density at radius 1 is 0.333 bits per heavy atom. The fourth-order valence-electron chi connectivity index (χ4n) is 10.2. The Balaban J connectivity index is 0.989. The summed E-state index contributed by atoms with van der Waals surface area (Å²) in [5.41, 5.74) is 3.91. The van der Waals surface area contributed by atoms with Gasteiger partial charge in [0.05, 0.1) is 13.2 Å². The van der Waals surface area contributed by atoms with E-state index in [9.17, 15) is 65.5 Å². The maximum Gasteiger partial charge on any atom is 0.408 e. The van der Waals surface area contributed by atoms with Crippen LogP contribution in [0.2, 0.25) is 0 Å². The molecule has 7 aromatic carbocycles. The minimum absolute atomic E-state index is 0.00699. The molecule has 0 spiro atoms. The van der Waals surface area contributed by atoms with Gasteiger partial charge in [0, 0.05) is 50.1 Å². The smallest absolute Gasteiger partial charge is 0.408 e. The highest BCUT2D eigenvalue weighted by atomic mass is 19.1. The molecule has 0 bridgehead atoms. The van der Waals surface area contributed by atoms with Gasteiger partial charge in [-0.2, -0.15) is 0 Å². The van der Waals surface area contributed by atoms with Crippen LogP contribution in [0.25, 0.3) is 0 Å². The summed E-state index contributed by atoms with van der Waals surface area (Å²) in [5, 5.41) is 16.0. The van der Waals surface area contributed by atoms with Crippen molar-refractivity contribution in [1.29, 1.82) is 0 Å². The fourth-order valence-corrected chi connectivity index (χ4v) is 10.2. The van der Waals surface area contributed by atoms with Crippen LogP contribution in [0.5, 0.6) is 0 Å². The third kappa shape index (κ3) is 29.2. The molecule has 538 valence electrons. The molecule has 0 unspecified atom stereocenters. The van der Waals surface area contributed by atoms with Crippen molar-refractivity contribution in [3.05, 3.63) is 250 Å². The molecule has 0 aliphatic heterocycles. The monoisotopic (exact) mass is 1410 g/mol. The number of unbranched alkanes of at least 4 members (excludes halogenated alkanes) is 2. The number of alkyl carbamates (subject to hydrolysis) is 2. The second-order valence-electron chi connectivity index (χ2n) is 23.7. The van der Waals surface area contributed by atoms with Crippen LogP contribution in [0.15, 0.2) is 182 Å². The van der Waals surface area contributed by atoms with E-state index >= 15 is 0 Å². The number of nitrogens with zero attached hydrogens (tertiary/aromatic N) is 2. The van der Waals surface area contributed by atoms with E-state index in [1.807, 2.05) is 0 Å². The van der Waals surface area contributed by atoms with Crippen molar-refractivity contribution >= 4 is 59.6 Å². The maximum absolute atomic E-state index is 14.6. The minimum atomic E-state index is -1.17. The molecular formula is C76H82F4N8O14. The van der Waals surface area contributed by atoms with Crippen LogP contribution in [-0.4, -0.2) is 147 Å². The summed E-state index contributed by atoms with van der Waals surface area (Å²) in [6, 6.07) is 43.2. The minimum Gasteiger partial charge on any atom is -0.464 e. The average molecular weight is 1410 g/mol. The number of benzene rings is 7. The zero-order chi connectivity index (χ0) is 72.9. The Morgan fingerprint density at radius 3 is 0.980 bits per heavy atom. The lowest BCUT2D eigenvalue weighted by Crippen LogP contribution is -2.47. The topological polar surface area (TPSA) is 286 Å². The summed E-state index contributed by atoms with van der Waals surface area (Å²) >= 11 is 0. The number of carbonyl (C=O) groups is 10. The van der Waals surface area contributed by atoms with Crippen LogP contribution in [-0.2, 0) is 86.6 Å². The van der Waals surface area contributed by atoms with Crippen LogP contribution in [0, 0.1) is 23.3 Å². The molecular weight excluding hydrogens is 1320 g/mol. The Labute approximate surface area is 588 Å². The normalized spacial score (nSPS) is 11.3. The van der Waals surface area contributed by atoms with E-state index in [2.05, 4.69) is 31.9 Å². The molecule has 22 nitrogen and oxygen atoms in total. The maximum atomic E-state index is 14.6. The molecule has 8 amide bonds. The van der Waals surface area contributed by atoms with Crippen LogP contribution in [0.3, 0.4) is 0 Å². The highest BCUT2D eigenvalue weighted by Crippen LogP contribution is 2.16. The van der Waals surface area contributed by atoms with Gasteiger partial charge in [0.1, 0.15) is 74.7 Å². The van der Waals surface area contributed by atoms with E-state index in [-0.39, 0.29) is 115 Å². The molecule has 26 heteroatoms. The number of rotatable bonds is 40. The lowest BCUT2D eigenvalue weighted by Gasteiger charge is -2.24. The summed E-state index contributed by atoms with van der Waals surface area (Å²) in [7, 11) is 0. The van der Waals surface area contributed by atoms with Gasteiger partial charge >= 0.3 is 24.1 Å². The fraction of sp³-hybridized carbons (Fsp3) is 0.316. The summed E-state index contributed by atoms with van der Waals surface area (Å²) in [5.74, 6) is -7.76. The quantitative estimate of drug-likeness (QED) is 0.00908. The van der Waals surface area contributed by atoms with Gasteiger partial charge in [0.15, 0.2) is 0 Å². The second kappa shape index (κ2) is 42.5. The van der Waals surface area contributed by atoms with Crippen molar-refractivity contribution in [2.75, 3.05) is 65.6 Å². The van der Waals surface area contributed by atoms with Crippen LogP contribution in [0.4, 0.5) is 27.2 Å². The van der Waals surface area contributed by atoms with Crippen LogP contribution in [0.1, 0.15) is 92.6 Å². The Hall–Kier alpha value is -11.4. The van der Waals surface area contributed by atoms with E-state index in [1.54, 1.807) is 109 Å². The van der Waals surface area contributed by atoms with Crippen LogP contribution < -0.4 is 31.9 Å². The van der Waals surface area contributed by atoms with Crippen LogP contribution >= 0.6 is 0 Å². The molecule has 0 aliphatic rings. The number of hydrogen-bond acceptors (Lipinski definition) is 14. The molecule has 6 N–H and O–H groups in total. The van der Waals surface area contributed by atoms with Gasteiger partial charge in [-0.1, -0.05) is 115 Å². The molecule has 102 heavy (non-hydrogen) atoms. The Morgan fingerprint density at radius 2 is 0.647 bits per heavy atom. The first-order valence-corrected chi connectivity index (χ1v) is 33.3. The molecule has 0 saturated carbocycles. The largest absolute Gasteiger partial charge is 0.464 e. The number of nitrogens with one attached hydrogen (secondary N) is 6. The first-order chi connectivity index (χ1) is 49.3. The van der Waals surface area contributed by atoms with Crippen molar-refractivity contribution in [2.45, 2.75) is 89.5 Å². The first kappa shape index (κ1) is 77.9. The van der Waals surface area contributed by atoms with E-state index in [4.69, 9.17) is 18.9 Å². The zero-order valence-electron chi connectivity index (χ0n) is 56.2. The second-order valence-corrected chi connectivity index (χ2v) is 23.7. The summed E-state index contributed by atoms with van der Waals surface area (Å²) < 4.78 is 76.0. The van der Waals surface area contributed by atoms with Gasteiger partial charge in [0.25, 0.3) is 11.8 Å². The molecule has 7 aromatic rings. The molecule has 0 aliphatic carbocycles. The molecule has 0 heterocycles. The summed E-state index contributed by atoms with van der Waals surface area (Å²) in [6.07, 6.45) is 0.478. The number of hydrogen-bond donors (Lipinski definition) is 6. The standard InChI is InChI=1S/C76H82F4N8O14/c77-61-28-20-53(21-29-61)36-42-83-69(91)49-87(47-67(89)81-40-9-7-18-65(85-75(97)101-51-57-12-3-1-4-13-57)73(95)99-44-38-55-24-32-63(79)33-25-55)71(93)59-16-11-17-60(46-59)72(94)88(50-70(92)84-43-37-54-22-30-62(78)31-23-54)48-68(90)82-41-10-8-19-66(86-76(98)102-52-58-14-5-2-6-15-58)74(96)100-45-39-56-26-34-64(80)35-27-56/h1-6,11-17,20-35,46,65-66H,7-10,18-19,36-45,47-52H2,(H,81,89)(H,82,90)(H,83,91)(H,84,92)(H,85,97)(H,86,98)/t65-,66-/m0/s1. The van der Waals surface area contributed by atoms with Gasteiger partial charge < -0.3 is 60.6 Å². The first-order valence-electron chi connectivity index (χ1n) is 33.3. The van der Waals surface area contributed by atoms with Gasteiger partial charge in [0.2, 0.25) is 23.6 Å². The molecule has 0 fully saturated rings. The predicted molar refractivity (Wildman–Crippen MR) is 367 cm³/mol. The highest BCUT2D eigenvalue weighted by molar-refractivity contribution is 6.03. The van der Waals surface area contributed by atoms with Crippen molar-refractivity contribution < 1.29 is 84.5 Å².